The second kappa shape index (κ2) is 14.8. The first-order valence-corrected chi connectivity index (χ1v) is 17.2. The Balaban J connectivity index is 1.44. The number of epoxide rings is 1. The molecule has 0 spiro atoms. The van der Waals surface area contributed by atoms with Gasteiger partial charge in [0.1, 0.15) is 11.4 Å². The molecule has 0 radical (unpaired) electrons. The number of carbonyl (C=O) groups is 4. The van der Waals surface area contributed by atoms with Crippen LogP contribution in [-0.4, -0.2) is 99.2 Å². The molecule has 242 valence electrons. The first-order chi connectivity index (χ1) is 20.9. The van der Waals surface area contributed by atoms with Crippen molar-refractivity contribution in [3.05, 3.63) is 41.5 Å². The molecule has 2 N–H and O–H groups in total. The number of nitrogens with zero attached hydrogens (tertiary/aromatic N) is 1. The Labute approximate surface area is 260 Å². The number of sulfone groups is 1. The molecule has 0 saturated carbocycles. The summed E-state index contributed by atoms with van der Waals surface area (Å²) in [7, 11) is -1.51. The van der Waals surface area contributed by atoms with Crippen molar-refractivity contribution < 1.29 is 37.1 Å². The molecule has 2 fully saturated rings. The number of rotatable bonds is 15. The summed E-state index contributed by atoms with van der Waals surface area (Å²) in [6.07, 6.45) is 6.66. The van der Waals surface area contributed by atoms with Gasteiger partial charge in [0.15, 0.2) is 21.4 Å². The average molecular weight is 632 g/mol. The SMILES string of the molecule is COc1ccc(C[C@H](CC(=O)[C@H](C)NC(=O)CN2CCS(=O)(=O)CC2)C(=O)N[C@@H](CC2=CCCCC2)C(=O)[C@@]2(C)CO2)cc1. The van der Waals surface area contributed by atoms with E-state index in [-0.39, 0.29) is 61.5 Å². The molecule has 12 heteroatoms. The van der Waals surface area contributed by atoms with E-state index in [1.54, 1.807) is 38.0 Å². The first kappa shape index (κ1) is 33.8. The quantitative estimate of drug-likeness (QED) is 0.218. The van der Waals surface area contributed by atoms with Crippen LogP contribution in [0.15, 0.2) is 35.9 Å². The Morgan fingerprint density at radius 1 is 1.05 bits per heavy atom. The van der Waals surface area contributed by atoms with Crippen LogP contribution in [0.2, 0.25) is 0 Å². The number of ether oxygens (including phenoxy) is 2. The predicted octanol–water partition coefficient (Wildman–Crippen LogP) is 1.78. The van der Waals surface area contributed by atoms with Crippen molar-refractivity contribution in [2.75, 3.05) is 44.9 Å². The Morgan fingerprint density at radius 3 is 2.32 bits per heavy atom. The number of methoxy groups -OCH3 is 1. The van der Waals surface area contributed by atoms with Crippen LogP contribution in [0.4, 0.5) is 0 Å². The van der Waals surface area contributed by atoms with Gasteiger partial charge in [-0.3, -0.25) is 24.1 Å². The highest BCUT2D eigenvalue weighted by atomic mass is 32.2. The number of hydrogen-bond acceptors (Lipinski definition) is 9. The normalized spacial score (nSPS) is 23.4. The Bertz CT molecular complexity index is 1340. The minimum Gasteiger partial charge on any atom is -0.497 e. The standard InChI is InChI=1S/C32H45N3O8S/c1-22(33-29(37)20-35-13-15-44(40,41)16-14-35)28(36)19-25(17-24-9-11-26(42-3)12-10-24)31(39)34-27(30(38)32(2)21-43-32)18-23-7-5-4-6-8-23/h7,9-12,22,25,27H,4-6,8,13-21H2,1-3H3,(H,33,37)(H,34,39)/t22-,25+,27-,32+/m0/s1. The van der Waals surface area contributed by atoms with Gasteiger partial charge in [0.2, 0.25) is 11.8 Å². The van der Waals surface area contributed by atoms with Crippen molar-refractivity contribution in [2.45, 2.75) is 76.5 Å². The molecular formula is C32H45N3O8S. The van der Waals surface area contributed by atoms with Crippen LogP contribution in [0.25, 0.3) is 0 Å². The summed E-state index contributed by atoms with van der Waals surface area (Å²) >= 11 is 0. The molecule has 11 nitrogen and oxygen atoms in total. The largest absolute Gasteiger partial charge is 0.497 e. The molecular weight excluding hydrogens is 586 g/mol. The monoisotopic (exact) mass is 631 g/mol. The molecule has 1 aromatic rings. The van der Waals surface area contributed by atoms with Crippen LogP contribution in [0.3, 0.4) is 0 Å². The Morgan fingerprint density at radius 2 is 1.73 bits per heavy atom. The fraction of sp³-hybridized carbons (Fsp3) is 0.625. The predicted molar refractivity (Wildman–Crippen MR) is 165 cm³/mol. The molecule has 3 aliphatic rings. The molecule has 0 unspecified atom stereocenters. The maximum absolute atomic E-state index is 13.8. The molecule has 4 atom stereocenters. The number of carbonyl (C=O) groups excluding carboxylic acids is 4. The fourth-order valence-corrected chi connectivity index (χ4v) is 6.95. The zero-order valence-corrected chi connectivity index (χ0v) is 26.7. The van der Waals surface area contributed by atoms with Crippen molar-refractivity contribution >= 4 is 33.2 Å². The second-order valence-electron chi connectivity index (χ2n) is 12.4. The molecule has 1 aliphatic carbocycles. The van der Waals surface area contributed by atoms with Gasteiger partial charge in [-0.15, -0.1) is 0 Å². The van der Waals surface area contributed by atoms with E-state index in [2.05, 4.69) is 16.7 Å². The van der Waals surface area contributed by atoms with Crippen LogP contribution >= 0.6 is 0 Å². The maximum atomic E-state index is 13.8. The first-order valence-electron chi connectivity index (χ1n) is 15.4. The highest BCUT2D eigenvalue weighted by Crippen LogP contribution is 2.31. The summed E-state index contributed by atoms with van der Waals surface area (Å²) in [6, 6.07) is 5.62. The number of nitrogens with one attached hydrogen (secondary N) is 2. The molecule has 2 aliphatic heterocycles. The highest BCUT2D eigenvalue weighted by Gasteiger charge is 2.50. The van der Waals surface area contributed by atoms with Gasteiger partial charge in [-0.05, 0) is 70.1 Å². The van der Waals surface area contributed by atoms with Crippen LogP contribution in [0.1, 0.15) is 57.9 Å². The van der Waals surface area contributed by atoms with E-state index in [0.29, 0.717) is 18.8 Å². The average Bonchev–Trinajstić information content (AvgIpc) is 3.76. The van der Waals surface area contributed by atoms with E-state index < -0.39 is 39.3 Å². The summed E-state index contributed by atoms with van der Waals surface area (Å²) in [5, 5.41) is 5.68. The third-order valence-corrected chi connectivity index (χ3v) is 10.3. The van der Waals surface area contributed by atoms with Gasteiger partial charge in [-0.1, -0.05) is 23.8 Å². The lowest BCUT2D eigenvalue weighted by atomic mass is 9.88. The van der Waals surface area contributed by atoms with E-state index in [1.165, 1.54) is 0 Å². The van der Waals surface area contributed by atoms with E-state index in [4.69, 9.17) is 9.47 Å². The number of allylic oxidation sites excluding steroid dienone is 1. The van der Waals surface area contributed by atoms with E-state index in [0.717, 1.165) is 36.8 Å². The van der Waals surface area contributed by atoms with Gasteiger partial charge in [0, 0.05) is 25.4 Å². The third-order valence-electron chi connectivity index (χ3n) is 8.71. The summed E-state index contributed by atoms with van der Waals surface area (Å²) in [5.41, 5.74) is 1.06. The zero-order valence-electron chi connectivity index (χ0n) is 25.9. The number of Topliss-reactive ketones (excluding diaryl/α,β-unsaturated/α-hetero) is 2. The van der Waals surface area contributed by atoms with Crippen molar-refractivity contribution in [1.82, 2.24) is 15.5 Å². The topological polar surface area (TPSA) is 151 Å². The molecule has 0 aromatic heterocycles. The van der Waals surface area contributed by atoms with Crippen LogP contribution in [-0.2, 0) is 40.2 Å². The minimum atomic E-state index is -3.07. The smallest absolute Gasteiger partial charge is 0.234 e. The van der Waals surface area contributed by atoms with Crippen LogP contribution < -0.4 is 15.4 Å². The lowest BCUT2D eigenvalue weighted by Crippen LogP contribution is -2.50. The van der Waals surface area contributed by atoms with Gasteiger partial charge in [-0.2, -0.15) is 0 Å². The van der Waals surface area contributed by atoms with Gasteiger partial charge in [0.25, 0.3) is 0 Å². The Kier molecular flexibility index (Phi) is 11.4. The second-order valence-corrected chi connectivity index (χ2v) is 14.7. The van der Waals surface area contributed by atoms with Crippen molar-refractivity contribution in [2.24, 2.45) is 5.92 Å². The minimum absolute atomic E-state index is 0.00295. The molecule has 1 aromatic carbocycles. The molecule has 2 heterocycles. The van der Waals surface area contributed by atoms with Gasteiger partial charge < -0.3 is 20.1 Å². The van der Waals surface area contributed by atoms with Crippen LogP contribution in [0, 0.1) is 5.92 Å². The lowest BCUT2D eigenvalue weighted by molar-refractivity contribution is -0.134. The molecule has 4 rings (SSSR count). The molecule has 2 saturated heterocycles. The fourth-order valence-electron chi connectivity index (χ4n) is 5.67. The van der Waals surface area contributed by atoms with E-state index in [9.17, 15) is 27.6 Å². The number of ketones is 2. The van der Waals surface area contributed by atoms with Crippen molar-refractivity contribution in [1.29, 1.82) is 0 Å². The molecule has 0 bridgehead atoms. The third kappa shape index (κ3) is 9.70. The summed E-state index contributed by atoms with van der Waals surface area (Å²) in [4.78, 5) is 55.0. The van der Waals surface area contributed by atoms with Crippen LogP contribution in [0.5, 0.6) is 5.75 Å². The van der Waals surface area contributed by atoms with E-state index in [1.807, 2.05) is 12.1 Å². The van der Waals surface area contributed by atoms with Crippen molar-refractivity contribution in [3.8, 4) is 5.75 Å². The molecule has 44 heavy (non-hydrogen) atoms. The molecule has 2 amide bonds. The summed E-state index contributed by atoms with van der Waals surface area (Å²) in [5.74, 6) is -1.39. The summed E-state index contributed by atoms with van der Waals surface area (Å²) in [6.45, 7) is 4.15. The Hall–Kier alpha value is -3.09. The number of benzene rings is 1. The number of amides is 2. The number of hydrogen-bond donors (Lipinski definition) is 2. The van der Waals surface area contributed by atoms with E-state index >= 15 is 0 Å². The van der Waals surface area contributed by atoms with Crippen molar-refractivity contribution in [3.63, 3.8) is 0 Å². The maximum Gasteiger partial charge on any atom is 0.234 e. The van der Waals surface area contributed by atoms with Gasteiger partial charge in [0.05, 0.1) is 43.9 Å². The highest BCUT2D eigenvalue weighted by molar-refractivity contribution is 7.91. The zero-order chi connectivity index (χ0) is 31.9. The lowest BCUT2D eigenvalue weighted by Gasteiger charge is -2.27. The van der Waals surface area contributed by atoms with Gasteiger partial charge >= 0.3 is 0 Å². The summed E-state index contributed by atoms with van der Waals surface area (Å²) < 4.78 is 34.0. The van der Waals surface area contributed by atoms with Gasteiger partial charge in [-0.25, -0.2) is 8.42 Å².